The number of rotatable bonds is 8. The van der Waals surface area contributed by atoms with Crippen molar-refractivity contribution in [1.29, 1.82) is 0 Å². The zero-order valence-corrected chi connectivity index (χ0v) is 18.9. The Balaban J connectivity index is 2.22. The average molecular weight is 418 g/mol. The summed E-state index contributed by atoms with van der Waals surface area (Å²) >= 11 is 0. The van der Waals surface area contributed by atoms with Gasteiger partial charge in [-0.2, -0.15) is 0 Å². The quantitative estimate of drug-likeness (QED) is 0.717. The molecule has 1 N–H and O–H groups in total. The molecule has 0 aliphatic rings. The van der Waals surface area contributed by atoms with Crippen molar-refractivity contribution in [1.82, 2.24) is 14.5 Å². The number of likely N-dealkylation sites (N-methyl/N-ethyl adjacent to an activating group) is 1. The van der Waals surface area contributed by atoms with E-state index >= 15 is 0 Å². The maximum absolute atomic E-state index is 12.8. The number of benzene rings is 2. The van der Waals surface area contributed by atoms with Gasteiger partial charge < -0.3 is 10.2 Å². The van der Waals surface area contributed by atoms with E-state index in [2.05, 4.69) is 41.4 Å². The SMILES string of the molecule is CCc1ccc([C@@H](CNC(=O)c2cc(S(=O)(=O)N(C)C)ccc2C)N(C)C)cc1. The molecule has 0 aliphatic heterocycles. The van der Waals surface area contributed by atoms with Crippen LogP contribution in [-0.2, 0) is 16.4 Å². The first-order valence-corrected chi connectivity index (χ1v) is 11.1. The lowest BCUT2D eigenvalue weighted by atomic mass is 10.0. The molecule has 0 aliphatic carbocycles. The molecule has 0 saturated heterocycles. The fourth-order valence-corrected chi connectivity index (χ4v) is 4.00. The molecule has 6 nitrogen and oxygen atoms in total. The van der Waals surface area contributed by atoms with Crippen molar-refractivity contribution >= 4 is 15.9 Å². The lowest BCUT2D eigenvalue weighted by Gasteiger charge is -2.25. The second-order valence-corrected chi connectivity index (χ2v) is 9.70. The first-order chi connectivity index (χ1) is 13.6. The van der Waals surface area contributed by atoms with E-state index in [1.54, 1.807) is 13.0 Å². The minimum absolute atomic E-state index is 0.0128. The Bertz CT molecular complexity index is 952. The molecule has 0 saturated carbocycles. The number of hydrogen-bond acceptors (Lipinski definition) is 4. The molecule has 2 aromatic carbocycles. The second kappa shape index (κ2) is 9.52. The van der Waals surface area contributed by atoms with Crippen LogP contribution in [0.1, 0.15) is 40.0 Å². The van der Waals surface area contributed by atoms with Gasteiger partial charge >= 0.3 is 0 Å². The van der Waals surface area contributed by atoms with E-state index < -0.39 is 10.0 Å². The molecule has 7 heteroatoms. The van der Waals surface area contributed by atoms with Crippen molar-refractivity contribution in [3.63, 3.8) is 0 Å². The van der Waals surface area contributed by atoms with E-state index in [0.717, 1.165) is 21.9 Å². The predicted molar refractivity (Wildman–Crippen MR) is 117 cm³/mol. The lowest BCUT2D eigenvalue weighted by molar-refractivity contribution is 0.0941. The van der Waals surface area contributed by atoms with Gasteiger partial charge in [-0.05, 0) is 56.3 Å². The molecular formula is C22H31N3O3S. The minimum atomic E-state index is -3.60. The van der Waals surface area contributed by atoms with Gasteiger partial charge in [-0.25, -0.2) is 12.7 Å². The van der Waals surface area contributed by atoms with E-state index in [-0.39, 0.29) is 16.8 Å². The molecule has 158 valence electrons. The van der Waals surface area contributed by atoms with Crippen molar-refractivity contribution in [3.8, 4) is 0 Å². The van der Waals surface area contributed by atoms with E-state index in [9.17, 15) is 13.2 Å². The molecular weight excluding hydrogens is 386 g/mol. The zero-order valence-electron chi connectivity index (χ0n) is 18.1. The van der Waals surface area contributed by atoms with Gasteiger partial charge in [-0.15, -0.1) is 0 Å². The Hall–Kier alpha value is -2.22. The molecule has 2 rings (SSSR count). The summed E-state index contributed by atoms with van der Waals surface area (Å²) in [5.74, 6) is -0.282. The number of carbonyl (C=O) groups excluding carboxylic acids is 1. The van der Waals surface area contributed by atoms with Crippen molar-refractivity contribution in [3.05, 3.63) is 64.7 Å². The summed E-state index contributed by atoms with van der Waals surface area (Å²) in [5, 5.41) is 2.97. The Morgan fingerprint density at radius 1 is 1.03 bits per heavy atom. The second-order valence-electron chi connectivity index (χ2n) is 7.55. The van der Waals surface area contributed by atoms with E-state index in [0.29, 0.717) is 12.1 Å². The summed E-state index contributed by atoms with van der Waals surface area (Å²) in [5.41, 5.74) is 3.48. The Labute approximate surface area is 174 Å². The maximum Gasteiger partial charge on any atom is 0.251 e. The van der Waals surface area contributed by atoms with Crippen molar-refractivity contribution in [2.45, 2.75) is 31.2 Å². The van der Waals surface area contributed by atoms with Crippen LogP contribution in [0.5, 0.6) is 0 Å². The van der Waals surface area contributed by atoms with E-state index in [1.165, 1.54) is 31.8 Å². The summed E-state index contributed by atoms with van der Waals surface area (Å²) in [7, 11) is 3.29. The largest absolute Gasteiger partial charge is 0.350 e. The number of carbonyl (C=O) groups is 1. The number of nitrogens with one attached hydrogen (secondary N) is 1. The average Bonchev–Trinajstić information content (AvgIpc) is 2.68. The maximum atomic E-state index is 12.8. The minimum Gasteiger partial charge on any atom is -0.350 e. The zero-order chi connectivity index (χ0) is 21.8. The first kappa shape index (κ1) is 23.1. The number of aryl methyl sites for hydroxylation is 2. The van der Waals surface area contributed by atoms with E-state index in [4.69, 9.17) is 0 Å². The third-order valence-electron chi connectivity index (χ3n) is 5.08. The number of amides is 1. The summed E-state index contributed by atoms with van der Waals surface area (Å²) < 4.78 is 25.9. The fourth-order valence-electron chi connectivity index (χ4n) is 3.08. The first-order valence-electron chi connectivity index (χ1n) is 9.64. The summed E-state index contributed by atoms with van der Waals surface area (Å²) in [6.45, 7) is 4.33. The molecule has 0 unspecified atom stereocenters. The summed E-state index contributed by atoms with van der Waals surface area (Å²) in [4.78, 5) is 15.0. The topological polar surface area (TPSA) is 69.7 Å². The molecule has 0 bridgehead atoms. The van der Waals surface area contributed by atoms with Gasteiger partial charge in [0, 0.05) is 26.2 Å². The summed E-state index contributed by atoms with van der Waals surface area (Å²) in [6, 6.07) is 13.0. The Morgan fingerprint density at radius 2 is 1.66 bits per heavy atom. The van der Waals surface area contributed by atoms with Gasteiger partial charge in [0.2, 0.25) is 10.0 Å². The van der Waals surface area contributed by atoms with Crippen LogP contribution in [-0.4, -0.2) is 58.3 Å². The molecule has 0 fully saturated rings. The van der Waals surface area contributed by atoms with Gasteiger partial charge in [0.25, 0.3) is 5.91 Å². The molecule has 0 aromatic heterocycles. The normalized spacial score (nSPS) is 13.0. The molecule has 0 radical (unpaired) electrons. The van der Waals surface area contributed by atoms with Crippen molar-refractivity contribution in [2.75, 3.05) is 34.7 Å². The lowest BCUT2D eigenvalue weighted by Crippen LogP contribution is -2.35. The highest BCUT2D eigenvalue weighted by atomic mass is 32.2. The van der Waals surface area contributed by atoms with Gasteiger partial charge in [0.05, 0.1) is 10.9 Å². The molecule has 1 atom stereocenters. The van der Waals surface area contributed by atoms with Crippen molar-refractivity contribution in [2.24, 2.45) is 0 Å². The predicted octanol–water partition coefficient (Wildman–Crippen LogP) is 2.84. The van der Waals surface area contributed by atoms with Gasteiger partial charge in [-0.3, -0.25) is 4.79 Å². The van der Waals surface area contributed by atoms with Crippen LogP contribution in [0.3, 0.4) is 0 Å². The highest BCUT2D eigenvalue weighted by Gasteiger charge is 2.21. The van der Waals surface area contributed by atoms with Crippen LogP contribution in [0.4, 0.5) is 0 Å². The van der Waals surface area contributed by atoms with Crippen molar-refractivity contribution < 1.29 is 13.2 Å². The number of sulfonamides is 1. The molecule has 1 amide bonds. The van der Waals surface area contributed by atoms with Crippen LogP contribution in [0.2, 0.25) is 0 Å². The van der Waals surface area contributed by atoms with Crippen LogP contribution in [0, 0.1) is 6.92 Å². The van der Waals surface area contributed by atoms with Crippen LogP contribution in [0.25, 0.3) is 0 Å². The smallest absolute Gasteiger partial charge is 0.251 e. The number of hydrogen-bond donors (Lipinski definition) is 1. The Morgan fingerprint density at radius 3 is 2.17 bits per heavy atom. The summed E-state index contributed by atoms with van der Waals surface area (Å²) in [6.07, 6.45) is 0.981. The molecule has 29 heavy (non-hydrogen) atoms. The third kappa shape index (κ3) is 5.44. The highest BCUT2D eigenvalue weighted by Crippen LogP contribution is 2.20. The fraction of sp³-hybridized carbons (Fsp3) is 0.409. The van der Waals surface area contributed by atoms with Crippen LogP contribution >= 0.6 is 0 Å². The molecule has 2 aromatic rings. The van der Waals surface area contributed by atoms with Gasteiger partial charge in [0.15, 0.2) is 0 Å². The van der Waals surface area contributed by atoms with Gasteiger partial charge in [-0.1, -0.05) is 37.3 Å². The number of nitrogens with zero attached hydrogens (tertiary/aromatic N) is 2. The van der Waals surface area contributed by atoms with Crippen LogP contribution < -0.4 is 5.32 Å². The Kier molecular flexibility index (Phi) is 7.57. The standard InChI is InChI=1S/C22H31N3O3S/c1-7-17-9-11-18(12-10-17)21(24(3)4)15-23-22(26)20-14-19(13-8-16(20)2)29(27,28)25(5)6/h8-14,21H,7,15H2,1-6H3,(H,23,26)/t21-/m1/s1. The van der Waals surface area contributed by atoms with Gasteiger partial charge in [0.1, 0.15) is 0 Å². The molecule has 0 spiro atoms. The monoisotopic (exact) mass is 417 g/mol. The van der Waals surface area contributed by atoms with E-state index in [1.807, 2.05) is 14.1 Å². The highest BCUT2D eigenvalue weighted by molar-refractivity contribution is 7.89. The third-order valence-corrected chi connectivity index (χ3v) is 6.90. The van der Waals surface area contributed by atoms with Crippen LogP contribution in [0.15, 0.2) is 47.4 Å². The molecule has 0 heterocycles.